The van der Waals surface area contributed by atoms with Crippen LogP contribution in [-0.2, 0) is 0 Å². The number of aryl methyl sites for hydroxylation is 1. The second-order valence-electron chi connectivity index (χ2n) is 3.82. The highest BCUT2D eigenvalue weighted by molar-refractivity contribution is 5.56. The Morgan fingerprint density at radius 1 is 1.00 bits per heavy atom. The average Bonchev–Trinajstić information content (AvgIpc) is 2.40. The minimum atomic E-state index is 0.555. The van der Waals surface area contributed by atoms with Gasteiger partial charge in [0.15, 0.2) is 0 Å². The van der Waals surface area contributed by atoms with E-state index in [9.17, 15) is 0 Å². The Kier molecular flexibility index (Phi) is 3.66. The van der Waals surface area contributed by atoms with Crippen LogP contribution in [0.15, 0.2) is 53.6 Å². The van der Waals surface area contributed by atoms with Crippen molar-refractivity contribution in [2.75, 3.05) is 0 Å². The third kappa shape index (κ3) is 2.91. The van der Waals surface area contributed by atoms with Crippen LogP contribution in [0.1, 0.15) is 16.7 Å². The molecule has 0 spiro atoms. The van der Waals surface area contributed by atoms with E-state index in [0.717, 1.165) is 11.1 Å². The van der Waals surface area contributed by atoms with Gasteiger partial charge >= 0.3 is 0 Å². The fourth-order valence-corrected chi connectivity index (χ4v) is 1.49. The van der Waals surface area contributed by atoms with E-state index in [1.54, 1.807) is 6.07 Å². The Hall–Kier alpha value is -2.69. The molecule has 0 unspecified atom stereocenters. The Morgan fingerprint density at radius 3 is 2.44 bits per heavy atom. The van der Waals surface area contributed by atoms with E-state index >= 15 is 0 Å². The minimum Gasteiger partial charge on any atom is -0.0617 e. The lowest BCUT2D eigenvalue weighted by Gasteiger charge is -1.95. The van der Waals surface area contributed by atoms with Gasteiger partial charge in [0, 0.05) is 16.0 Å². The van der Waals surface area contributed by atoms with E-state index < -0.39 is 0 Å². The zero-order valence-corrected chi connectivity index (χ0v) is 9.96. The van der Waals surface area contributed by atoms with Crippen molar-refractivity contribution < 1.29 is 0 Å². The first kappa shape index (κ1) is 11.8. The minimum absolute atomic E-state index is 0.555. The molecule has 0 bridgehead atoms. The first-order valence-electron chi connectivity index (χ1n) is 5.52. The van der Waals surface area contributed by atoms with Crippen LogP contribution in [0.5, 0.6) is 0 Å². The van der Waals surface area contributed by atoms with Gasteiger partial charge in [-0.05, 0) is 30.7 Å². The summed E-state index contributed by atoms with van der Waals surface area (Å²) < 4.78 is 0. The molecule has 2 rings (SSSR count). The summed E-state index contributed by atoms with van der Waals surface area (Å²) in [6, 6.07) is 15.3. The van der Waals surface area contributed by atoms with Crippen LogP contribution < -0.4 is 0 Å². The van der Waals surface area contributed by atoms with E-state index in [2.05, 4.69) is 21.9 Å². The van der Waals surface area contributed by atoms with Gasteiger partial charge in [0.05, 0.1) is 5.69 Å². The van der Waals surface area contributed by atoms with Crippen LogP contribution >= 0.6 is 0 Å². The number of azide groups is 1. The highest BCUT2D eigenvalue weighted by Gasteiger charge is 1.94. The topological polar surface area (TPSA) is 48.8 Å². The van der Waals surface area contributed by atoms with Gasteiger partial charge in [-0.3, -0.25) is 0 Å². The molecule has 86 valence electrons. The third-order valence-corrected chi connectivity index (χ3v) is 2.45. The monoisotopic (exact) mass is 233 g/mol. The molecule has 0 heterocycles. The van der Waals surface area contributed by atoms with Gasteiger partial charge in [-0.15, -0.1) is 0 Å². The smallest absolute Gasteiger partial charge is 0.0532 e. The lowest BCUT2D eigenvalue weighted by Crippen LogP contribution is -1.77. The molecule has 2 aromatic rings. The molecule has 3 nitrogen and oxygen atoms in total. The second-order valence-corrected chi connectivity index (χ2v) is 3.82. The molecule has 0 atom stereocenters. The molecule has 0 aliphatic carbocycles. The summed E-state index contributed by atoms with van der Waals surface area (Å²) in [6.45, 7) is 2.04. The van der Waals surface area contributed by atoms with Crippen LogP contribution in [0.2, 0.25) is 0 Å². The molecule has 0 radical (unpaired) electrons. The van der Waals surface area contributed by atoms with Gasteiger partial charge in [0.1, 0.15) is 0 Å². The molecule has 0 N–H and O–H groups in total. The van der Waals surface area contributed by atoms with Crippen LogP contribution in [0.25, 0.3) is 10.4 Å². The third-order valence-electron chi connectivity index (χ3n) is 2.45. The number of rotatable bonds is 1. The number of benzene rings is 2. The highest BCUT2D eigenvalue weighted by atomic mass is 15.1. The standard InChI is InChI=1S/C15H11N3/c1-12-6-8-13(9-7-12)10-11-14-4-2-3-5-15(14)17-18-16/h2-9H,1H3. The SMILES string of the molecule is Cc1ccc(C#Cc2ccccc2N=[N+]=[N-])cc1. The quantitative estimate of drug-likeness (QED) is 0.304. The molecular weight excluding hydrogens is 222 g/mol. The summed E-state index contributed by atoms with van der Waals surface area (Å²) in [6.07, 6.45) is 0. The fraction of sp³-hybridized carbons (Fsp3) is 0.0667. The zero-order valence-electron chi connectivity index (χ0n) is 9.96. The zero-order chi connectivity index (χ0) is 12.8. The Morgan fingerprint density at radius 2 is 1.72 bits per heavy atom. The molecule has 0 aliphatic heterocycles. The van der Waals surface area contributed by atoms with Crippen LogP contribution in [-0.4, -0.2) is 0 Å². The van der Waals surface area contributed by atoms with Crippen molar-refractivity contribution in [3.63, 3.8) is 0 Å². The van der Waals surface area contributed by atoms with Crippen LogP contribution in [0.4, 0.5) is 5.69 Å². The van der Waals surface area contributed by atoms with Crippen molar-refractivity contribution in [2.24, 2.45) is 5.11 Å². The molecular formula is C15H11N3. The lowest BCUT2D eigenvalue weighted by molar-refractivity contribution is 1.45. The molecule has 2 aromatic carbocycles. The molecule has 0 saturated carbocycles. The first-order chi connectivity index (χ1) is 8.79. The van der Waals surface area contributed by atoms with E-state index in [-0.39, 0.29) is 0 Å². The Labute approximate surface area is 106 Å². The van der Waals surface area contributed by atoms with Gasteiger partial charge in [-0.1, -0.05) is 52.9 Å². The molecule has 3 heteroatoms. The van der Waals surface area contributed by atoms with Crippen molar-refractivity contribution in [3.05, 3.63) is 75.7 Å². The summed E-state index contributed by atoms with van der Waals surface area (Å²) in [5, 5.41) is 3.61. The van der Waals surface area contributed by atoms with Crippen LogP contribution in [0.3, 0.4) is 0 Å². The summed E-state index contributed by atoms with van der Waals surface area (Å²) in [7, 11) is 0. The average molecular weight is 233 g/mol. The maximum Gasteiger partial charge on any atom is 0.0532 e. The number of hydrogen-bond acceptors (Lipinski definition) is 1. The number of hydrogen-bond donors (Lipinski definition) is 0. The van der Waals surface area contributed by atoms with Crippen molar-refractivity contribution in [1.82, 2.24) is 0 Å². The molecule has 0 aliphatic rings. The van der Waals surface area contributed by atoms with Gasteiger partial charge < -0.3 is 0 Å². The van der Waals surface area contributed by atoms with Crippen molar-refractivity contribution in [3.8, 4) is 11.8 Å². The van der Waals surface area contributed by atoms with Crippen LogP contribution in [0, 0.1) is 18.8 Å². The second kappa shape index (κ2) is 5.58. The van der Waals surface area contributed by atoms with Gasteiger partial charge in [0.25, 0.3) is 0 Å². The van der Waals surface area contributed by atoms with E-state index in [0.29, 0.717) is 5.69 Å². The lowest BCUT2D eigenvalue weighted by atomic mass is 10.1. The van der Waals surface area contributed by atoms with E-state index in [4.69, 9.17) is 5.53 Å². The summed E-state index contributed by atoms with van der Waals surface area (Å²) >= 11 is 0. The predicted octanol–water partition coefficient (Wildman–Crippen LogP) is 4.34. The molecule has 0 fully saturated rings. The summed E-state index contributed by atoms with van der Waals surface area (Å²) in [5.41, 5.74) is 11.9. The normalized spacial score (nSPS) is 8.94. The maximum absolute atomic E-state index is 8.47. The van der Waals surface area contributed by atoms with E-state index in [1.807, 2.05) is 49.4 Å². The number of nitrogens with zero attached hydrogens (tertiary/aromatic N) is 3. The van der Waals surface area contributed by atoms with Crippen molar-refractivity contribution >= 4 is 5.69 Å². The maximum atomic E-state index is 8.47. The van der Waals surface area contributed by atoms with Gasteiger partial charge in [-0.2, -0.15) is 0 Å². The van der Waals surface area contributed by atoms with E-state index in [1.165, 1.54) is 5.56 Å². The first-order valence-corrected chi connectivity index (χ1v) is 5.52. The Balaban J connectivity index is 2.35. The molecule has 0 aromatic heterocycles. The van der Waals surface area contributed by atoms with Crippen molar-refractivity contribution in [2.45, 2.75) is 6.92 Å². The molecule has 0 amide bonds. The molecule has 0 saturated heterocycles. The summed E-state index contributed by atoms with van der Waals surface area (Å²) in [5.74, 6) is 6.07. The summed E-state index contributed by atoms with van der Waals surface area (Å²) in [4.78, 5) is 2.79. The van der Waals surface area contributed by atoms with Gasteiger partial charge in [0.2, 0.25) is 0 Å². The highest BCUT2D eigenvalue weighted by Crippen LogP contribution is 2.17. The van der Waals surface area contributed by atoms with Gasteiger partial charge in [-0.25, -0.2) is 0 Å². The van der Waals surface area contributed by atoms with Crippen molar-refractivity contribution in [1.29, 1.82) is 0 Å². The predicted molar refractivity (Wildman–Crippen MR) is 72.4 cm³/mol. The fourth-order valence-electron chi connectivity index (χ4n) is 1.49. The Bertz CT molecular complexity index is 654. The largest absolute Gasteiger partial charge is 0.0617 e. The molecule has 18 heavy (non-hydrogen) atoms.